The van der Waals surface area contributed by atoms with Crippen molar-refractivity contribution >= 4 is 5.97 Å². The molecule has 3 nitrogen and oxygen atoms in total. The van der Waals surface area contributed by atoms with Crippen molar-refractivity contribution in [2.75, 3.05) is 14.2 Å². The van der Waals surface area contributed by atoms with Crippen LogP contribution in [-0.4, -0.2) is 26.3 Å². The number of carbonyl (C=O) groups is 1. The Balaban J connectivity index is 2.70. The highest BCUT2D eigenvalue weighted by molar-refractivity contribution is 5.78. The van der Waals surface area contributed by atoms with Crippen LogP contribution in [0.25, 0.3) is 0 Å². The van der Waals surface area contributed by atoms with Crippen LogP contribution in [0.4, 0.5) is 0 Å². The minimum Gasteiger partial charge on any atom is -0.467 e. The van der Waals surface area contributed by atoms with Crippen LogP contribution in [0.1, 0.15) is 40.0 Å². The Morgan fingerprint density at radius 3 is 2.41 bits per heavy atom. The van der Waals surface area contributed by atoms with E-state index < -0.39 is 6.10 Å². The summed E-state index contributed by atoms with van der Waals surface area (Å²) >= 11 is 0. The zero-order valence-electron chi connectivity index (χ0n) is 11.6. The first kappa shape index (κ1) is 14.2. The molecule has 0 amide bonds. The maximum Gasteiger partial charge on any atom is 0.339 e. The van der Waals surface area contributed by atoms with Crippen molar-refractivity contribution in [3.63, 3.8) is 0 Å². The Bertz CT molecular complexity index is 299. The number of hydrogen-bond donors (Lipinski definition) is 0. The number of esters is 1. The van der Waals surface area contributed by atoms with Gasteiger partial charge in [0.15, 0.2) is 6.10 Å². The highest BCUT2D eigenvalue weighted by atomic mass is 16.6. The standard InChI is InChI=1S/C14H24O3/c1-14(2,3)11-8-6-10(7-9-11)12(16-4)13(15)17-5/h6,11-12H,7-9H2,1-5H3. The molecule has 2 atom stereocenters. The van der Waals surface area contributed by atoms with Gasteiger partial charge in [-0.2, -0.15) is 0 Å². The summed E-state index contributed by atoms with van der Waals surface area (Å²) in [5, 5.41) is 0. The Labute approximate surface area is 104 Å². The van der Waals surface area contributed by atoms with Gasteiger partial charge in [0.05, 0.1) is 7.11 Å². The van der Waals surface area contributed by atoms with Crippen molar-refractivity contribution in [1.29, 1.82) is 0 Å². The van der Waals surface area contributed by atoms with Gasteiger partial charge in [-0.15, -0.1) is 0 Å². The first-order valence-corrected chi connectivity index (χ1v) is 6.19. The van der Waals surface area contributed by atoms with Gasteiger partial charge in [-0.25, -0.2) is 4.79 Å². The quantitative estimate of drug-likeness (QED) is 0.562. The van der Waals surface area contributed by atoms with Gasteiger partial charge in [0, 0.05) is 7.11 Å². The topological polar surface area (TPSA) is 35.5 Å². The zero-order valence-corrected chi connectivity index (χ0v) is 11.6. The summed E-state index contributed by atoms with van der Waals surface area (Å²) in [7, 11) is 2.95. The fraction of sp³-hybridized carbons (Fsp3) is 0.786. The molecule has 0 saturated heterocycles. The highest BCUT2D eigenvalue weighted by Gasteiger charge is 2.30. The van der Waals surface area contributed by atoms with Crippen molar-refractivity contribution in [2.24, 2.45) is 11.3 Å². The Morgan fingerprint density at radius 1 is 1.41 bits per heavy atom. The molecule has 1 aliphatic carbocycles. The normalized spacial score (nSPS) is 22.9. The third kappa shape index (κ3) is 3.56. The minimum atomic E-state index is -0.513. The van der Waals surface area contributed by atoms with Gasteiger partial charge >= 0.3 is 5.97 Å². The van der Waals surface area contributed by atoms with E-state index in [4.69, 9.17) is 9.47 Å². The molecule has 1 rings (SSSR count). The van der Waals surface area contributed by atoms with Gasteiger partial charge in [0.1, 0.15) is 0 Å². The third-order valence-corrected chi connectivity index (χ3v) is 3.66. The lowest BCUT2D eigenvalue weighted by Gasteiger charge is -2.34. The van der Waals surface area contributed by atoms with Crippen molar-refractivity contribution < 1.29 is 14.3 Å². The second kappa shape index (κ2) is 5.67. The summed E-state index contributed by atoms with van der Waals surface area (Å²) < 4.78 is 9.97. The predicted octanol–water partition coefficient (Wildman–Crippen LogP) is 2.95. The molecule has 0 fully saturated rings. The molecule has 17 heavy (non-hydrogen) atoms. The molecule has 3 heteroatoms. The molecule has 0 radical (unpaired) electrons. The first-order chi connectivity index (χ1) is 7.90. The van der Waals surface area contributed by atoms with Crippen LogP contribution in [0.3, 0.4) is 0 Å². The van der Waals surface area contributed by atoms with Crippen LogP contribution in [0.2, 0.25) is 0 Å². The number of allylic oxidation sites excluding steroid dienone is 1. The molecule has 0 saturated carbocycles. The minimum absolute atomic E-state index is 0.298. The van der Waals surface area contributed by atoms with E-state index in [0.717, 1.165) is 24.8 Å². The second-order valence-corrected chi connectivity index (χ2v) is 5.76. The largest absolute Gasteiger partial charge is 0.467 e. The van der Waals surface area contributed by atoms with Crippen molar-refractivity contribution in [1.82, 2.24) is 0 Å². The van der Waals surface area contributed by atoms with E-state index in [9.17, 15) is 4.79 Å². The first-order valence-electron chi connectivity index (χ1n) is 6.19. The van der Waals surface area contributed by atoms with E-state index in [1.165, 1.54) is 7.11 Å². The summed E-state index contributed by atoms with van der Waals surface area (Å²) in [5.74, 6) is 0.384. The summed E-state index contributed by atoms with van der Waals surface area (Å²) in [4.78, 5) is 11.5. The van der Waals surface area contributed by atoms with Crippen LogP contribution in [0.15, 0.2) is 11.6 Å². The molecule has 0 heterocycles. The Morgan fingerprint density at radius 2 is 2.06 bits per heavy atom. The fourth-order valence-electron chi connectivity index (χ4n) is 2.39. The number of ether oxygens (including phenoxy) is 2. The number of hydrogen-bond acceptors (Lipinski definition) is 3. The van der Waals surface area contributed by atoms with E-state index in [2.05, 4.69) is 26.8 Å². The number of rotatable bonds is 3. The van der Waals surface area contributed by atoms with Crippen LogP contribution < -0.4 is 0 Å². The zero-order chi connectivity index (χ0) is 13.1. The monoisotopic (exact) mass is 240 g/mol. The molecule has 0 aromatic carbocycles. The highest BCUT2D eigenvalue weighted by Crippen LogP contribution is 2.38. The van der Waals surface area contributed by atoms with E-state index in [0.29, 0.717) is 11.3 Å². The second-order valence-electron chi connectivity index (χ2n) is 5.76. The lowest BCUT2D eigenvalue weighted by atomic mass is 9.72. The molecule has 0 aliphatic heterocycles. The van der Waals surface area contributed by atoms with Crippen LogP contribution in [0.5, 0.6) is 0 Å². The average molecular weight is 240 g/mol. The molecular weight excluding hydrogens is 216 g/mol. The number of carbonyl (C=O) groups excluding carboxylic acids is 1. The Hall–Kier alpha value is -0.830. The smallest absolute Gasteiger partial charge is 0.339 e. The predicted molar refractivity (Wildman–Crippen MR) is 67.7 cm³/mol. The van der Waals surface area contributed by atoms with Crippen LogP contribution >= 0.6 is 0 Å². The van der Waals surface area contributed by atoms with Gasteiger partial charge < -0.3 is 9.47 Å². The van der Waals surface area contributed by atoms with Crippen LogP contribution in [-0.2, 0) is 14.3 Å². The lowest BCUT2D eigenvalue weighted by Crippen LogP contribution is -2.30. The molecule has 2 unspecified atom stereocenters. The summed E-state index contributed by atoms with van der Waals surface area (Å²) in [6, 6.07) is 0. The maximum absolute atomic E-state index is 11.5. The van der Waals surface area contributed by atoms with Gasteiger partial charge in [-0.05, 0) is 36.2 Å². The van der Waals surface area contributed by atoms with E-state index in [-0.39, 0.29) is 5.97 Å². The van der Waals surface area contributed by atoms with E-state index >= 15 is 0 Å². The van der Waals surface area contributed by atoms with Gasteiger partial charge in [-0.3, -0.25) is 0 Å². The molecule has 0 N–H and O–H groups in total. The SMILES string of the molecule is COC(=O)C(OC)C1=CCC(C(C)(C)C)CC1. The number of methoxy groups -OCH3 is 2. The van der Waals surface area contributed by atoms with E-state index in [1.807, 2.05) is 0 Å². The molecule has 0 aromatic heterocycles. The van der Waals surface area contributed by atoms with Crippen molar-refractivity contribution in [3.05, 3.63) is 11.6 Å². The lowest BCUT2D eigenvalue weighted by molar-refractivity contribution is -0.150. The molecule has 1 aliphatic rings. The molecular formula is C14H24O3. The van der Waals surface area contributed by atoms with Gasteiger partial charge in [0.25, 0.3) is 0 Å². The average Bonchev–Trinajstić information content (AvgIpc) is 2.29. The maximum atomic E-state index is 11.5. The fourth-order valence-corrected chi connectivity index (χ4v) is 2.39. The van der Waals surface area contributed by atoms with Gasteiger partial charge in [0.2, 0.25) is 0 Å². The van der Waals surface area contributed by atoms with E-state index in [1.54, 1.807) is 7.11 Å². The van der Waals surface area contributed by atoms with Gasteiger partial charge in [-0.1, -0.05) is 26.8 Å². The Kier molecular flexibility index (Phi) is 4.75. The summed E-state index contributed by atoms with van der Waals surface area (Å²) in [6.45, 7) is 6.81. The molecule has 0 spiro atoms. The summed E-state index contributed by atoms with van der Waals surface area (Å²) in [6.07, 6.45) is 4.71. The van der Waals surface area contributed by atoms with Crippen molar-refractivity contribution in [3.8, 4) is 0 Å². The third-order valence-electron chi connectivity index (χ3n) is 3.66. The molecule has 0 aromatic rings. The molecule has 98 valence electrons. The van der Waals surface area contributed by atoms with Crippen molar-refractivity contribution in [2.45, 2.75) is 46.1 Å². The molecule has 0 bridgehead atoms. The van der Waals surface area contributed by atoms with Crippen LogP contribution in [0, 0.1) is 11.3 Å². The summed E-state index contributed by atoms with van der Waals surface area (Å²) in [5.41, 5.74) is 1.40.